The Kier molecular flexibility index (Phi) is 2.96. The van der Waals surface area contributed by atoms with Gasteiger partial charge in [0.25, 0.3) is 0 Å². The minimum atomic E-state index is 0.238. The summed E-state index contributed by atoms with van der Waals surface area (Å²) < 4.78 is 1.69. The summed E-state index contributed by atoms with van der Waals surface area (Å²) in [5.74, 6) is 0.748. The van der Waals surface area contributed by atoms with Gasteiger partial charge in [0.2, 0.25) is 5.28 Å². The molecule has 1 unspecified atom stereocenters. The molecule has 0 spiro atoms. The number of fused-ring (bicyclic) bond motifs is 1. The molecular formula is C10H14ClN5. The average Bonchev–Trinajstić information content (AvgIpc) is 2.60. The molecule has 1 atom stereocenters. The first-order chi connectivity index (χ1) is 7.61. The lowest BCUT2D eigenvalue weighted by Gasteiger charge is -2.12. The van der Waals surface area contributed by atoms with E-state index < -0.39 is 0 Å². The Morgan fingerprint density at radius 2 is 2.25 bits per heavy atom. The van der Waals surface area contributed by atoms with Gasteiger partial charge in [-0.2, -0.15) is 15.1 Å². The van der Waals surface area contributed by atoms with Crippen molar-refractivity contribution in [2.75, 3.05) is 5.32 Å². The number of nitrogens with one attached hydrogen (secondary N) is 1. The molecule has 86 valence electrons. The minimum absolute atomic E-state index is 0.238. The maximum atomic E-state index is 5.88. The molecule has 0 aliphatic carbocycles. The first-order valence-electron chi connectivity index (χ1n) is 5.23. The van der Waals surface area contributed by atoms with Crippen LogP contribution in [0, 0.1) is 0 Å². The van der Waals surface area contributed by atoms with Crippen molar-refractivity contribution in [2.45, 2.75) is 26.3 Å². The Labute approximate surface area is 98.8 Å². The number of aryl methyl sites for hydroxylation is 1. The number of halogens is 1. The standard InChI is InChI=1S/C10H14ClN5/c1-4-6(2)13-8-7-5-12-16(3)9(7)15-10(11)14-8/h5-6H,4H2,1-3H3,(H,13,14,15). The highest BCUT2D eigenvalue weighted by molar-refractivity contribution is 6.28. The van der Waals surface area contributed by atoms with Crippen molar-refractivity contribution in [3.05, 3.63) is 11.5 Å². The fourth-order valence-corrected chi connectivity index (χ4v) is 1.61. The maximum Gasteiger partial charge on any atom is 0.226 e. The zero-order valence-electron chi connectivity index (χ0n) is 9.53. The van der Waals surface area contributed by atoms with E-state index >= 15 is 0 Å². The van der Waals surface area contributed by atoms with E-state index in [1.165, 1.54) is 0 Å². The molecule has 2 heterocycles. The lowest BCUT2D eigenvalue weighted by molar-refractivity contribution is 0.759. The summed E-state index contributed by atoms with van der Waals surface area (Å²) in [6.45, 7) is 4.21. The van der Waals surface area contributed by atoms with Crippen molar-refractivity contribution < 1.29 is 0 Å². The summed E-state index contributed by atoms with van der Waals surface area (Å²) in [5.41, 5.74) is 0.741. The lowest BCUT2D eigenvalue weighted by Crippen LogP contribution is -2.15. The van der Waals surface area contributed by atoms with Gasteiger partial charge in [0.05, 0.1) is 11.6 Å². The van der Waals surface area contributed by atoms with E-state index in [-0.39, 0.29) is 5.28 Å². The van der Waals surface area contributed by atoms with Crippen LogP contribution >= 0.6 is 11.6 Å². The number of hydrogen-bond donors (Lipinski definition) is 1. The quantitative estimate of drug-likeness (QED) is 0.835. The van der Waals surface area contributed by atoms with E-state index in [1.807, 2.05) is 7.05 Å². The average molecular weight is 240 g/mol. The lowest BCUT2D eigenvalue weighted by atomic mass is 10.2. The van der Waals surface area contributed by atoms with Crippen LogP contribution in [-0.4, -0.2) is 25.8 Å². The molecule has 2 rings (SSSR count). The van der Waals surface area contributed by atoms with Crippen molar-refractivity contribution in [2.24, 2.45) is 7.05 Å². The normalized spacial score (nSPS) is 13.0. The van der Waals surface area contributed by atoms with E-state index in [2.05, 4.69) is 34.2 Å². The number of hydrogen-bond acceptors (Lipinski definition) is 4. The molecule has 0 aromatic carbocycles. The number of rotatable bonds is 3. The predicted molar refractivity (Wildman–Crippen MR) is 64.7 cm³/mol. The van der Waals surface area contributed by atoms with Gasteiger partial charge in [-0.15, -0.1) is 0 Å². The summed E-state index contributed by atoms with van der Waals surface area (Å²) in [4.78, 5) is 8.34. The van der Waals surface area contributed by atoms with E-state index in [9.17, 15) is 0 Å². The van der Waals surface area contributed by atoms with Crippen LogP contribution in [0.15, 0.2) is 6.20 Å². The molecule has 2 aromatic rings. The molecule has 0 saturated carbocycles. The SMILES string of the molecule is CCC(C)Nc1nc(Cl)nc2c1cnn2C. The van der Waals surface area contributed by atoms with Crippen LogP contribution < -0.4 is 5.32 Å². The molecule has 6 heteroatoms. The van der Waals surface area contributed by atoms with E-state index in [1.54, 1.807) is 10.9 Å². The Bertz CT molecular complexity index is 507. The molecule has 0 fully saturated rings. The molecule has 5 nitrogen and oxygen atoms in total. The van der Waals surface area contributed by atoms with Gasteiger partial charge in [-0.25, -0.2) is 0 Å². The first-order valence-corrected chi connectivity index (χ1v) is 5.61. The second-order valence-corrected chi connectivity index (χ2v) is 4.14. The Morgan fingerprint density at radius 1 is 1.50 bits per heavy atom. The molecule has 0 amide bonds. The van der Waals surface area contributed by atoms with E-state index in [0.717, 1.165) is 23.3 Å². The third-order valence-electron chi connectivity index (χ3n) is 2.56. The van der Waals surface area contributed by atoms with E-state index in [4.69, 9.17) is 11.6 Å². The monoisotopic (exact) mass is 239 g/mol. The largest absolute Gasteiger partial charge is 0.367 e. The molecule has 0 saturated heterocycles. The van der Waals surface area contributed by atoms with Gasteiger partial charge in [-0.1, -0.05) is 6.92 Å². The summed E-state index contributed by atoms with van der Waals surface area (Å²) in [6, 6.07) is 0.342. The highest BCUT2D eigenvalue weighted by Gasteiger charge is 2.11. The molecule has 0 aliphatic rings. The van der Waals surface area contributed by atoms with Crippen LogP contribution in [0.1, 0.15) is 20.3 Å². The number of aromatic nitrogens is 4. The Hall–Kier alpha value is -1.36. The zero-order valence-corrected chi connectivity index (χ0v) is 10.3. The molecule has 0 radical (unpaired) electrons. The molecular weight excluding hydrogens is 226 g/mol. The predicted octanol–water partition coefficient (Wildman–Crippen LogP) is 2.23. The van der Waals surface area contributed by atoms with Crippen molar-refractivity contribution in [3.8, 4) is 0 Å². The number of anilines is 1. The highest BCUT2D eigenvalue weighted by Crippen LogP contribution is 2.22. The fraction of sp³-hybridized carbons (Fsp3) is 0.500. The third kappa shape index (κ3) is 1.95. The van der Waals surface area contributed by atoms with Gasteiger partial charge in [0.1, 0.15) is 5.82 Å². The Morgan fingerprint density at radius 3 is 2.94 bits per heavy atom. The van der Waals surface area contributed by atoms with Crippen LogP contribution in [0.3, 0.4) is 0 Å². The van der Waals surface area contributed by atoms with Crippen LogP contribution in [0.2, 0.25) is 5.28 Å². The van der Waals surface area contributed by atoms with Gasteiger partial charge in [-0.3, -0.25) is 4.68 Å². The maximum absolute atomic E-state index is 5.88. The van der Waals surface area contributed by atoms with Crippen LogP contribution in [0.4, 0.5) is 5.82 Å². The van der Waals surface area contributed by atoms with Crippen molar-refractivity contribution in [1.29, 1.82) is 0 Å². The smallest absolute Gasteiger partial charge is 0.226 e. The summed E-state index contributed by atoms with van der Waals surface area (Å²) in [7, 11) is 1.83. The first kappa shape index (κ1) is 11.1. The third-order valence-corrected chi connectivity index (χ3v) is 2.73. The Balaban J connectivity index is 2.51. The highest BCUT2D eigenvalue weighted by atomic mass is 35.5. The van der Waals surface area contributed by atoms with Crippen molar-refractivity contribution in [1.82, 2.24) is 19.7 Å². The summed E-state index contributed by atoms with van der Waals surface area (Å²) in [5, 5.41) is 8.58. The second kappa shape index (κ2) is 4.25. The zero-order chi connectivity index (χ0) is 11.7. The fourth-order valence-electron chi connectivity index (χ4n) is 1.44. The minimum Gasteiger partial charge on any atom is -0.367 e. The van der Waals surface area contributed by atoms with Crippen LogP contribution in [-0.2, 0) is 7.05 Å². The van der Waals surface area contributed by atoms with Gasteiger partial charge in [0, 0.05) is 13.1 Å². The molecule has 0 aliphatic heterocycles. The van der Waals surface area contributed by atoms with E-state index in [0.29, 0.717) is 6.04 Å². The summed E-state index contributed by atoms with van der Waals surface area (Å²) in [6.07, 6.45) is 2.76. The second-order valence-electron chi connectivity index (χ2n) is 3.80. The molecule has 0 bridgehead atoms. The van der Waals surface area contributed by atoms with Crippen LogP contribution in [0.5, 0.6) is 0 Å². The molecule has 1 N–H and O–H groups in total. The van der Waals surface area contributed by atoms with Gasteiger partial charge >= 0.3 is 0 Å². The molecule has 2 aromatic heterocycles. The van der Waals surface area contributed by atoms with Gasteiger partial charge < -0.3 is 5.32 Å². The summed E-state index contributed by atoms with van der Waals surface area (Å²) >= 11 is 5.88. The topological polar surface area (TPSA) is 55.6 Å². The van der Waals surface area contributed by atoms with Gasteiger partial charge in [0.15, 0.2) is 5.65 Å². The van der Waals surface area contributed by atoms with Gasteiger partial charge in [-0.05, 0) is 24.9 Å². The van der Waals surface area contributed by atoms with Crippen LogP contribution in [0.25, 0.3) is 11.0 Å². The molecule has 16 heavy (non-hydrogen) atoms. The number of nitrogens with zero attached hydrogens (tertiary/aromatic N) is 4. The van der Waals surface area contributed by atoms with Crippen molar-refractivity contribution >= 4 is 28.5 Å². The van der Waals surface area contributed by atoms with Crippen molar-refractivity contribution in [3.63, 3.8) is 0 Å².